The van der Waals surface area contributed by atoms with Crippen molar-refractivity contribution in [3.63, 3.8) is 0 Å². The number of imidazole rings is 1. The summed E-state index contributed by atoms with van der Waals surface area (Å²) < 4.78 is 71.5. The minimum atomic E-state index is -4.88. The molecular weight excluding hydrogens is 535 g/mol. The highest BCUT2D eigenvalue weighted by Crippen LogP contribution is 2.36. The molecular formula is C26H31F5N8O. The van der Waals surface area contributed by atoms with Crippen molar-refractivity contribution in [1.29, 1.82) is 5.41 Å². The average Bonchev–Trinajstić information content (AvgIpc) is 3.28. The molecule has 216 valence electrons. The second-order valence-electron chi connectivity index (χ2n) is 9.77. The second-order valence-corrected chi connectivity index (χ2v) is 9.77. The fourth-order valence-corrected chi connectivity index (χ4v) is 5.07. The molecule has 0 bridgehead atoms. The van der Waals surface area contributed by atoms with Crippen LogP contribution in [0.15, 0.2) is 40.8 Å². The van der Waals surface area contributed by atoms with Gasteiger partial charge in [0, 0.05) is 38.4 Å². The van der Waals surface area contributed by atoms with Crippen LogP contribution in [0.2, 0.25) is 0 Å². The highest BCUT2D eigenvalue weighted by molar-refractivity contribution is 6.20. The van der Waals surface area contributed by atoms with Crippen molar-refractivity contribution in [2.75, 3.05) is 39.8 Å². The zero-order valence-corrected chi connectivity index (χ0v) is 21.9. The van der Waals surface area contributed by atoms with Crippen LogP contribution in [-0.2, 0) is 17.5 Å². The van der Waals surface area contributed by atoms with Crippen molar-refractivity contribution in [1.82, 2.24) is 24.7 Å². The number of nitrogens with one attached hydrogen (secondary N) is 2. The number of halogens is 5. The van der Waals surface area contributed by atoms with Crippen molar-refractivity contribution < 1.29 is 26.7 Å². The van der Waals surface area contributed by atoms with Gasteiger partial charge in [-0.3, -0.25) is 10.2 Å². The lowest BCUT2D eigenvalue weighted by Gasteiger charge is -2.38. The number of piperidine rings is 1. The Morgan fingerprint density at radius 2 is 2.00 bits per heavy atom. The summed E-state index contributed by atoms with van der Waals surface area (Å²) >= 11 is 0. The molecule has 0 unspecified atom stereocenters. The monoisotopic (exact) mass is 566 g/mol. The van der Waals surface area contributed by atoms with E-state index in [1.807, 2.05) is 0 Å². The number of aromatic nitrogens is 2. The van der Waals surface area contributed by atoms with Gasteiger partial charge in [0.2, 0.25) is 0 Å². The van der Waals surface area contributed by atoms with Crippen molar-refractivity contribution in [2.45, 2.75) is 37.7 Å². The predicted molar refractivity (Wildman–Crippen MR) is 140 cm³/mol. The van der Waals surface area contributed by atoms with Gasteiger partial charge >= 0.3 is 6.18 Å². The van der Waals surface area contributed by atoms with E-state index in [0.29, 0.717) is 25.0 Å². The highest BCUT2D eigenvalue weighted by Gasteiger charge is 2.37. The van der Waals surface area contributed by atoms with Crippen LogP contribution in [0.1, 0.15) is 30.1 Å². The Morgan fingerprint density at radius 1 is 1.27 bits per heavy atom. The molecule has 2 saturated heterocycles. The third kappa shape index (κ3) is 6.01. The Labute approximate surface area is 228 Å². The first kappa shape index (κ1) is 29.2. The highest BCUT2D eigenvalue weighted by atomic mass is 19.4. The number of rotatable bonds is 9. The number of carbonyl (C=O) groups is 1. The molecule has 2 atom stereocenters. The Bertz CT molecular complexity index is 1320. The van der Waals surface area contributed by atoms with Gasteiger partial charge in [0.25, 0.3) is 5.91 Å². The quantitative estimate of drug-likeness (QED) is 0.187. The maximum atomic E-state index is 15.8. The molecule has 0 spiro atoms. The molecule has 0 aliphatic carbocycles. The average molecular weight is 567 g/mol. The summed E-state index contributed by atoms with van der Waals surface area (Å²) in [6.45, 7) is 6.36. The summed E-state index contributed by atoms with van der Waals surface area (Å²) in [5, 5.41) is 10.7. The molecule has 1 aromatic heterocycles. The third-order valence-corrected chi connectivity index (χ3v) is 7.28. The summed E-state index contributed by atoms with van der Waals surface area (Å²) in [5.41, 5.74) is 4.10. The first-order valence-corrected chi connectivity index (χ1v) is 12.8. The van der Waals surface area contributed by atoms with Crippen molar-refractivity contribution in [2.24, 2.45) is 10.7 Å². The number of nitrogens with two attached hydrogens (primary N) is 1. The van der Waals surface area contributed by atoms with Gasteiger partial charge in [-0.2, -0.15) is 13.2 Å². The SMILES string of the molecule is C=NC(=N)C(C(N)=O)=C(NC)N1CC[C@@H](c2nc(-c3ccc(F)c(C(F)(F)F)c3)cn2CCN2CCC2)[C@H](F)C1. The van der Waals surface area contributed by atoms with Gasteiger partial charge in [-0.05, 0) is 50.8 Å². The van der Waals surface area contributed by atoms with Gasteiger partial charge in [-0.15, -0.1) is 0 Å². The number of likely N-dealkylation sites (tertiary alicyclic amines) is 2. The number of alkyl halides is 4. The van der Waals surface area contributed by atoms with Crippen LogP contribution in [0.4, 0.5) is 22.0 Å². The van der Waals surface area contributed by atoms with E-state index in [9.17, 15) is 22.4 Å². The van der Waals surface area contributed by atoms with E-state index in [1.54, 1.807) is 15.7 Å². The Kier molecular flexibility index (Phi) is 8.57. The lowest BCUT2D eigenvalue weighted by atomic mass is 9.93. The van der Waals surface area contributed by atoms with E-state index in [1.165, 1.54) is 13.1 Å². The number of hydrogen-bond donors (Lipinski definition) is 3. The van der Waals surface area contributed by atoms with E-state index in [-0.39, 0.29) is 42.2 Å². The standard InChI is InChI=1S/C26H31F5N8O/c1-34-22(32)21(23(33)40)25(35-2)38-9-6-16(19(28)13-38)24-36-20(14-39(24)11-10-37-7-3-8-37)15-4-5-18(27)17(12-15)26(29,30)31/h4-5,12,14,16,19,32,35H,1,3,6-11,13H2,2H3,(H2,33,40)/t16-,19-/m1/s1. The fourth-order valence-electron chi connectivity index (χ4n) is 5.07. The Morgan fingerprint density at radius 3 is 2.55 bits per heavy atom. The number of nitrogens with zero attached hydrogens (tertiary/aromatic N) is 5. The topological polar surface area (TPSA) is 116 Å². The predicted octanol–water partition coefficient (Wildman–Crippen LogP) is 3.14. The van der Waals surface area contributed by atoms with E-state index in [2.05, 4.69) is 26.9 Å². The molecule has 2 aromatic rings. The van der Waals surface area contributed by atoms with Gasteiger partial charge < -0.3 is 25.4 Å². The van der Waals surface area contributed by atoms with Crippen molar-refractivity contribution >= 4 is 18.5 Å². The lowest BCUT2D eigenvalue weighted by Crippen LogP contribution is -2.45. The number of hydrogen-bond acceptors (Lipinski definition) is 6. The van der Waals surface area contributed by atoms with Crippen molar-refractivity contribution in [3.8, 4) is 11.3 Å². The maximum absolute atomic E-state index is 15.8. The van der Waals surface area contributed by atoms with E-state index < -0.39 is 41.4 Å². The van der Waals surface area contributed by atoms with Gasteiger partial charge in [0.05, 0.1) is 23.7 Å². The summed E-state index contributed by atoms with van der Waals surface area (Å²) in [6.07, 6.45) is -3.43. The van der Waals surface area contributed by atoms with Crippen LogP contribution < -0.4 is 11.1 Å². The first-order chi connectivity index (χ1) is 18.9. The molecule has 14 heteroatoms. The van der Waals surface area contributed by atoms with Crippen LogP contribution in [0.5, 0.6) is 0 Å². The van der Waals surface area contributed by atoms with Crippen LogP contribution >= 0.6 is 0 Å². The summed E-state index contributed by atoms with van der Waals surface area (Å²) in [5.74, 6) is -2.91. The molecule has 2 aliphatic rings. The number of benzene rings is 1. The van der Waals surface area contributed by atoms with Gasteiger partial charge in [0.15, 0.2) is 5.84 Å². The number of aliphatic imine (C=N–C) groups is 1. The minimum Gasteiger partial charge on any atom is -0.374 e. The zero-order valence-electron chi connectivity index (χ0n) is 21.9. The molecule has 40 heavy (non-hydrogen) atoms. The van der Waals surface area contributed by atoms with E-state index >= 15 is 4.39 Å². The summed E-state index contributed by atoms with van der Waals surface area (Å²) in [7, 11) is 1.51. The molecule has 9 nitrogen and oxygen atoms in total. The molecule has 1 amide bonds. The van der Waals surface area contributed by atoms with Crippen LogP contribution in [-0.4, -0.2) is 83.8 Å². The molecule has 4 rings (SSSR count). The van der Waals surface area contributed by atoms with Gasteiger partial charge in [0.1, 0.15) is 29.2 Å². The number of amidine groups is 1. The van der Waals surface area contributed by atoms with Crippen LogP contribution in [0.3, 0.4) is 0 Å². The number of primary amides is 1. The summed E-state index contributed by atoms with van der Waals surface area (Å²) in [4.78, 5) is 23.8. The maximum Gasteiger partial charge on any atom is 0.419 e. The molecule has 2 fully saturated rings. The van der Waals surface area contributed by atoms with Crippen LogP contribution in [0.25, 0.3) is 11.3 Å². The largest absolute Gasteiger partial charge is 0.419 e. The van der Waals surface area contributed by atoms with Crippen LogP contribution in [0, 0.1) is 11.2 Å². The van der Waals surface area contributed by atoms with E-state index in [4.69, 9.17) is 11.1 Å². The van der Waals surface area contributed by atoms with Gasteiger partial charge in [-0.25, -0.2) is 18.8 Å². The molecule has 0 radical (unpaired) electrons. The van der Waals surface area contributed by atoms with Gasteiger partial charge in [-0.1, -0.05) is 0 Å². The third-order valence-electron chi connectivity index (χ3n) is 7.28. The molecule has 2 aliphatic heterocycles. The molecule has 0 saturated carbocycles. The summed E-state index contributed by atoms with van der Waals surface area (Å²) in [6, 6.07) is 2.70. The Balaban J connectivity index is 1.66. The molecule has 1 aromatic carbocycles. The molecule has 3 heterocycles. The normalized spacial score (nSPS) is 20.5. The molecule has 4 N–H and O–H groups in total. The van der Waals surface area contributed by atoms with Crippen molar-refractivity contribution in [3.05, 3.63) is 53.0 Å². The fraction of sp³-hybridized carbons (Fsp3) is 0.462. The zero-order chi connectivity index (χ0) is 29.2. The number of carbonyl (C=O) groups excluding carboxylic acids is 1. The smallest absolute Gasteiger partial charge is 0.374 e. The number of amides is 1. The lowest BCUT2D eigenvalue weighted by molar-refractivity contribution is -0.140. The second kappa shape index (κ2) is 11.7. The van der Waals surface area contributed by atoms with E-state index in [0.717, 1.165) is 25.6 Å². The first-order valence-electron chi connectivity index (χ1n) is 12.8. The minimum absolute atomic E-state index is 0.0764. The Hall–Kier alpha value is -3.81.